The van der Waals surface area contributed by atoms with Gasteiger partial charge in [0.15, 0.2) is 5.69 Å². The topological polar surface area (TPSA) is 93.9 Å². The number of amides is 2. The molecule has 2 amide bonds. The van der Waals surface area contributed by atoms with Crippen molar-refractivity contribution >= 4 is 11.8 Å². The fourth-order valence-electron chi connectivity index (χ4n) is 3.60. The number of nitrogens with one attached hydrogen (secondary N) is 1. The van der Waals surface area contributed by atoms with E-state index in [1.807, 2.05) is 13.8 Å². The van der Waals surface area contributed by atoms with E-state index in [1.165, 1.54) is 6.26 Å². The van der Waals surface area contributed by atoms with Gasteiger partial charge in [-0.2, -0.15) is 0 Å². The van der Waals surface area contributed by atoms with Crippen molar-refractivity contribution in [2.45, 2.75) is 73.8 Å². The molecule has 0 aliphatic carbocycles. The average molecular weight is 454 g/mol. The molecule has 1 aromatic heterocycles. The van der Waals surface area contributed by atoms with Crippen LogP contribution in [0.4, 0.5) is 0 Å². The number of hydrogen-bond acceptors (Lipinski definition) is 6. The minimum Gasteiger partial charge on any atom is -0.446 e. The zero-order chi connectivity index (χ0) is 24.0. The molecule has 0 bridgehead atoms. The van der Waals surface area contributed by atoms with Gasteiger partial charge in [0.1, 0.15) is 6.26 Å². The van der Waals surface area contributed by atoms with E-state index in [-0.39, 0.29) is 35.4 Å². The second-order valence-corrected chi connectivity index (χ2v) is 9.37. The van der Waals surface area contributed by atoms with Crippen molar-refractivity contribution in [3.8, 4) is 0 Å². The summed E-state index contributed by atoms with van der Waals surface area (Å²) in [5.74, 6) is 0.417. The van der Waals surface area contributed by atoms with Crippen molar-refractivity contribution in [1.82, 2.24) is 15.2 Å². The van der Waals surface area contributed by atoms with Gasteiger partial charge in [-0.3, -0.25) is 9.59 Å². The normalized spacial score (nSPS) is 12.6. The summed E-state index contributed by atoms with van der Waals surface area (Å²) in [5, 5.41) is 2.80. The summed E-state index contributed by atoms with van der Waals surface area (Å²) in [6, 6.07) is 0. The number of hydrogen-bond donors (Lipinski definition) is 1. The first-order valence-corrected chi connectivity index (χ1v) is 11.8. The molecule has 0 saturated heterocycles. The van der Waals surface area contributed by atoms with E-state index in [9.17, 15) is 9.59 Å². The summed E-state index contributed by atoms with van der Waals surface area (Å²) in [6.07, 6.45) is 4.26. The quantitative estimate of drug-likeness (QED) is 0.380. The van der Waals surface area contributed by atoms with Crippen molar-refractivity contribution in [3.05, 3.63) is 17.8 Å². The van der Waals surface area contributed by atoms with Crippen molar-refractivity contribution < 1.29 is 23.5 Å². The minimum absolute atomic E-state index is 0.0679. The van der Waals surface area contributed by atoms with Crippen molar-refractivity contribution in [3.63, 3.8) is 0 Å². The van der Waals surface area contributed by atoms with Gasteiger partial charge in [0.25, 0.3) is 5.91 Å². The van der Waals surface area contributed by atoms with Crippen LogP contribution in [0.25, 0.3) is 0 Å². The molecule has 0 aliphatic rings. The number of ether oxygens (including phenoxy) is 2. The lowest BCUT2D eigenvalue weighted by Gasteiger charge is -2.26. The van der Waals surface area contributed by atoms with Gasteiger partial charge >= 0.3 is 0 Å². The fraction of sp³-hybridized carbons (Fsp3) is 0.792. The number of oxazole rings is 1. The first kappa shape index (κ1) is 28.1. The summed E-state index contributed by atoms with van der Waals surface area (Å²) in [4.78, 5) is 31.3. The summed E-state index contributed by atoms with van der Waals surface area (Å²) in [7, 11) is 0. The first-order chi connectivity index (χ1) is 15.2. The molecule has 8 heteroatoms. The first-order valence-electron chi connectivity index (χ1n) is 11.8. The molecule has 32 heavy (non-hydrogen) atoms. The van der Waals surface area contributed by atoms with Gasteiger partial charge < -0.3 is 24.1 Å². The minimum atomic E-state index is -0.287. The lowest BCUT2D eigenvalue weighted by molar-refractivity contribution is -0.133. The zero-order valence-corrected chi connectivity index (χ0v) is 20.9. The lowest BCUT2D eigenvalue weighted by atomic mass is 9.84. The third-order valence-electron chi connectivity index (χ3n) is 4.82. The third-order valence-corrected chi connectivity index (χ3v) is 4.82. The SMILES string of the molecule is CCOCCCNC(=O)c1coc(CN(CCCOCC)C(=O)CC(C)CC(C)(C)C)n1. The Morgan fingerprint density at radius 3 is 2.44 bits per heavy atom. The van der Waals surface area contributed by atoms with E-state index < -0.39 is 0 Å². The number of rotatable bonds is 16. The van der Waals surface area contributed by atoms with Crippen LogP contribution in [-0.4, -0.2) is 61.2 Å². The lowest BCUT2D eigenvalue weighted by Crippen LogP contribution is -2.33. The Kier molecular flexibility index (Phi) is 13.2. The van der Waals surface area contributed by atoms with Crippen molar-refractivity contribution in [2.24, 2.45) is 11.3 Å². The Bertz CT molecular complexity index is 669. The Morgan fingerprint density at radius 1 is 1.16 bits per heavy atom. The van der Waals surface area contributed by atoms with E-state index in [0.717, 1.165) is 19.3 Å². The summed E-state index contributed by atoms with van der Waals surface area (Å²) in [6.45, 7) is 16.4. The van der Waals surface area contributed by atoms with Gasteiger partial charge in [-0.05, 0) is 44.4 Å². The van der Waals surface area contributed by atoms with E-state index in [4.69, 9.17) is 13.9 Å². The molecule has 1 unspecified atom stereocenters. The molecule has 0 aromatic carbocycles. The molecule has 8 nitrogen and oxygen atoms in total. The highest BCUT2D eigenvalue weighted by atomic mass is 16.5. The smallest absolute Gasteiger partial charge is 0.273 e. The van der Waals surface area contributed by atoms with Crippen molar-refractivity contribution in [1.29, 1.82) is 0 Å². The van der Waals surface area contributed by atoms with Crippen LogP contribution in [0.15, 0.2) is 10.7 Å². The summed E-state index contributed by atoms with van der Waals surface area (Å²) in [5.41, 5.74) is 0.395. The van der Waals surface area contributed by atoms with Gasteiger partial charge in [0, 0.05) is 45.9 Å². The van der Waals surface area contributed by atoms with Gasteiger partial charge in [-0.1, -0.05) is 27.7 Å². The molecule has 0 spiro atoms. The largest absolute Gasteiger partial charge is 0.446 e. The van der Waals surface area contributed by atoms with Gasteiger partial charge in [0.05, 0.1) is 6.54 Å². The van der Waals surface area contributed by atoms with Crippen LogP contribution < -0.4 is 5.32 Å². The van der Waals surface area contributed by atoms with Crippen LogP contribution in [0.2, 0.25) is 0 Å². The Hall–Kier alpha value is -1.93. The molecule has 1 atom stereocenters. The molecule has 184 valence electrons. The van der Waals surface area contributed by atoms with Crippen molar-refractivity contribution in [2.75, 3.05) is 39.5 Å². The highest BCUT2D eigenvalue weighted by Gasteiger charge is 2.23. The molecule has 1 heterocycles. The Balaban J connectivity index is 2.68. The van der Waals surface area contributed by atoms with E-state index in [2.05, 4.69) is 38.0 Å². The maximum absolute atomic E-state index is 13.0. The van der Waals surface area contributed by atoms with E-state index in [0.29, 0.717) is 51.8 Å². The van der Waals surface area contributed by atoms with Crippen LogP contribution in [0, 0.1) is 11.3 Å². The molecular weight excluding hydrogens is 410 g/mol. The van der Waals surface area contributed by atoms with E-state index >= 15 is 0 Å². The standard InChI is InChI=1S/C24H43N3O5/c1-7-30-13-9-11-25-23(29)20-18-32-21(26-20)17-27(12-10-14-31-8-2)22(28)15-19(3)16-24(4,5)6/h18-19H,7-17H2,1-6H3,(H,25,29). The third kappa shape index (κ3) is 12.2. The van der Waals surface area contributed by atoms with Crippen LogP contribution in [-0.2, 0) is 20.8 Å². The van der Waals surface area contributed by atoms with Crippen LogP contribution in [0.3, 0.4) is 0 Å². The van der Waals surface area contributed by atoms with Gasteiger partial charge in [-0.15, -0.1) is 0 Å². The molecule has 1 aromatic rings. The second kappa shape index (κ2) is 15.0. The summed E-state index contributed by atoms with van der Waals surface area (Å²) < 4.78 is 16.2. The molecule has 0 radical (unpaired) electrons. The predicted molar refractivity (Wildman–Crippen MR) is 124 cm³/mol. The Morgan fingerprint density at radius 2 is 1.81 bits per heavy atom. The second-order valence-electron chi connectivity index (χ2n) is 9.37. The maximum Gasteiger partial charge on any atom is 0.273 e. The molecular formula is C24H43N3O5. The molecule has 0 fully saturated rings. The molecule has 1 N–H and O–H groups in total. The fourth-order valence-corrected chi connectivity index (χ4v) is 3.60. The van der Waals surface area contributed by atoms with Crippen LogP contribution in [0.1, 0.15) is 83.6 Å². The summed E-state index contributed by atoms with van der Waals surface area (Å²) >= 11 is 0. The average Bonchev–Trinajstić information content (AvgIpc) is 3.17. The number of carbonyl (C=O) groups excluding carboxylic acids is 2. The highest BCUT2D eigenvalue weighted by molar-refractivity contribution is 5.91. The molecule has 1 rings (SSSR count). The monoisotopic (exact) mass is 453 g/mol. The van der Waals surface area contributed by atoms with Gasteiger partial charge in [0.2, 0.25) is 11.8 Å². The van der Waals surface area contributed by atoms with Crippen LogP contribution >= 0.6 is 0 Å². The van der Waals surface area contributed by atoms with Crippen LogP contribution in [0.5, 0.6) is 0 Å². The Labute approximate surface area is 193 Å². The van der Waals surface area contributed by atoms with E-state index in [1.54, 1.807) is 4.90 Å². The van der Waals surface area contributed by atoms with Gasteiger partial charge in [-0.25, -0.2) is 4.98 Å². The number of aromatic nitrogens is 1. The molecule has 0 aliphatic heterocycles. The maximum atomic E-state index is 13.0. The molecule has 0 saturated carbocycles. The number of nitrogens with zero attached hydrogens (tertiary/aromatic N) is 2. The zero-order valence-electron chi connectivity index (χ0n) is 20.9. The highest BCUT2D eigenvalue weighted by Crippen LogP contribution is 2.26. The predicted octanol–water partition coefficient (Wildman–Crippen LogP) is 4.05. The number of carbonyl (C=O) groups is 2.